The first-order valence-corrected chi connectivity index (χ1v) is 10.3. The number of H-pyrrole nitrogens is 1. The lowest BCUT2D eigenvalue weighted by Gasteiger charge is -2.14. The predicted molar refractivity (Wildman–Crippen MR) is 130 cm³/mol. The van der Waals surface area contributed by atoms with Crippen molar-refractivity contribution in [3.05, 3.63) is 90.0 Å². The van der Waals surface area contributed by atoms with Gasteiger partial charge in [0.15, 0.2) is 0 Å². The molecule has 3 aromatic carbocycles. The van der Waals surface area contributed by atoms with Gasteiger partial charge < -0.3 is 26.9 Å². The Morgan fingerprint density at radius 2 is 1.85 bits per heavy atom. The summed E-state index contributed by atoms with van der Waals surface area (Å²) in [5.74, 6) is -0.805. The number of amides is 2. The topological polar surface area (TPSA) is 134 Å². The van der Waals surface area contributed by atoms with Crippen LogP contribution in [0.1, 0.15) is 27.7 Å². The van der Waals surface area contributed by atoms with E-state index in [-0.39, 0.29) is 5.91 Å². The Morgan fingerprint density at radius 3 is 2.55 bits per heavy atom. The molecule has 7 nitrogen and oxygen atoms in total. The highest BCUT2D eigenvalue weighted by atomic mass is 16.3. The number of carbonyl (C=O) groups is 2. The lowest BCUT2D eigenvalue weighted by Crippen LogP contribution is -2.10. The zero-order valence-corrected chi connectivity index (χ0v) is 18.1. The van der Waals surface area contributed by atoms with E-state index in [9.17, 15) is 14.7 Å². The number of aromatic amines is 1. The van der Waals surface area contributed by atoms with E-state index in [1.54, 1.807) is 24.3 Å². The first-order chi connectivity index (χ1) is 15.8. The summed E-state index contributed by atoms with van der Waals surface area (Å²) in [6.07, 6.45) is 0.0460. The number of aliphatic hydroxyl groups excluding tert-OH is 1. The highest BCUT2D eigenvalue weighted by Crippen LogP contribution is 2.38. The van der Waals surface area contributed by atoms with Crippen LogP contribution < -0.4 is 16.8 Å². The molecule has 0 aliphatic rings. The Balaban J connectivity index is 1.93. The predicted octanol–water partition coefficient (Wildman–Crippen LogP) is 3.98. The highest BCUT2D eigenvalue weighted by Gasteiger charge is 2.17. The van der Waals surface area contributed by atoms with E-state index in [2.05, 4.69) is 16.9 Å². The van der Waals surface area contributed by atoms with Crippen LogP contribution in [-0.2, 0) is 4.79 Å². The van der Waals surface area contributed by atoms with Gasteiger partial charge in [-0.15, -0.1) is 0 Å². The van der Waals surface area contributed by atoms with E-state index in [1.807, 2.05) is 43.3 Å². The van der Waals surface area contributed by atoms with Crippen LogP contribution in [0.3, 0.4) is 0 Å². The third kappa shape index (κ3) is 4.15. The van der Waals surface area contributed by atoms with Crippen molar-refractivity contribution in [2.75, 3.05) is 5.32 Å². The number of hydrogen-bond donors (Lipinski definition) is 5. The standard InChI is InChI=1S/C26H24N4O3/c1-3-23(31)29-21-9-5-8-17(14(21)2)18-10-11-19(26(28)33)24-20(18)13-22(30-24)15-6-4-7-16(12-15)25(27)32/h3-13,26,30,33H,1,28H2,2H3,(H2,27,32)(H,29,31). The summed E-state index contributed by atoms with van der Waals surface area (Å²) in [6, 6.07) is 18.3. The molecular formula is C26H24N4O3. The number of primary amides is 1. The molecule has 166 valence electrons. The molecule has 0 bridgehead atoms. The Hall–Kier alpha value is -4.20. The monoisotopic (exact) mass is 440 g/mol. The molecule has 1 unspecified atom stereocenters. The van der Waals surface area contributed by atoms with Crippen LogP contribution in [0.4, 0.5) is 5.69 Å². The van der Waals surface area contributed by atoms with E-state index in [0.29, 0.717) is 22.3 Å². The second-order valence-corrected chi connectivity index (χ2v) is 7.74. The largest absolute Gasteiger partial charge is 0.374 e. The van der Waals surface area contributed by atoms with Gasteiger partial charge >= 0.3 is 0 Å². The summed E-state index contributed by atoms with van der Waals surface area (Å²) in [4.78, 5) is 26.8. The van der Waals surface area contributed by atoms with Gasteiger partial charge in [-0.3, -0.25) is 9.59 Å². The number of nitrogens with one attached hydrogen (secondary N) is 2. The summed E-state index contributed by atoms with van der Waals surface area (Å²) >= 11 is 0. The number of hydrogen-bond acceptors (Lipinski definition) is 4. The Bertz CT molecular complexity index is 1400. The second-order valence-electron chi connectivity index (χ2n) is 7.74. The van der Waals surface area contributed by atoms with Crippen LogP contribution in [0.5, 0.6) is 0 Å². The molecule has 7 N–H and O–H groups in total. The number of nitrogens with two attached hydrogens (primary N) is 2. The van der Waals surface area contributed by atoms with Crippen molar-refractivity contribution in [3.63, 3.8) is 0 Å². The van der Waals surface area contributed by atoms with Gasteiger partial charge in [0.2, 0.25) is 11.8 Å². The second kappa shape index (κ2) is 8.74. The fourth-order valence-corrected chi connectivity index (χ4v) is 3.96. The molecule has 0 fully saturated rings. The molecule has 1 atom stereocenters. The van der Waals surface area contributed by atoms with E-state index < -0.39 is 12.1 Å². The van der Waals surface area contributed by atoms with Crippen molar-refractivity contribution >= 4 is 28.4 Å². The summed E-state index contributed by atoms with van der Waals surface area (Å²) in [5, 5.41) is 13.8. The molecule has 0 saturated carbocycles. The molecule has 4 rings (SSSR count). The number of aromatic nitrogens is 1. The minimum Gasteiger partial charge on any atom is -0.374 e. The van der Waals surface area contributed by atoms with E-state index in [1.165, 1.54) is 6.08 Å². The van der Waals surface area contributed by atoms with Crippen LogP contribution in [0.2, 0.25) is 0 Å². The Labute approximate surface area is 190 Å². The van der Waals surface area contributed by atoms with Crippen LogP contribution in [0.25, 0.3) is 33.3 Å². The third-order valence-corrected chi connectivity index (χ3v) is 5.67. The van der Waals surface area contributed by atoms with E-state index in [4.69, 9.17) is 11.5 Å². The molecule has 1 heterocycles. The van der Waals surface area contributed by atoms with Gasteiger partial charge in [0.25, 0.3) is 0 Å². The number of aliphatic hydroxyl groups is 1. The molecule has 0 saturated heterocycles. The van der Waals surface area contributed by atoms with Crippen LogP contribution in [0.15, 0.2) is 73.3 Å². The molecule has 0 radical (unpaired) electrons. The molecule has 2 amide bonds. The van der Waals surface area contributed by atoms with Gasteiger partial charge in [0, 0.05) is 27.9 Å². The zero-order chi connectivity index (χ0) is 23.7. The first-order valence-electron chi connectivity index (χ1n) is 10.3. The maximum Gasteiger partial charge on any atom is 0.248 e. The Kier molecular flexibility index (Phi) is 5.83. The lowest BCUT2D eigenvalue weighted by molar-refractivity contribution is -0.111. The van der Waals surface area contributed by atoms with Crippen molar-refractivity contribution in [1.82, 2.24) is 4.98 Å². The van der Waals surface area contributed by atoms with Gasteiger partial charge in [-0.2, -0.15) is 0 Å². The van der Waals surface area contributed by atoms with Crippen molar-refractivity contribution in [2.45, 2.75) is 13.2 Å². The third-order valence-electron chi connectivity index (χ3n) is 5.67. The van der Waals surface area contributed by atoms with Crippen molar-refractivity contribution in [1.29, 1.82) is 0 Å². The summed E-state index contributed by atoms with van der Waals surface area (Å²) in [6.45, 7) is 5.43. The SMILES string of the molecule is C=CC(=O)Nc1cccc(-c2ccc(C(N)O)c3[nH]c(-c4cccc(C(N)=O)c4)cc23)c1C. The maximum absolute atomic E-state index is 11.8. The number of anilines is 1. The van der Waals surface area contributed by atoms with Gasteiger partial charge in [0.05, 0.1) is 5.52 Å². The molecule has 4 aromatic rings. The zero-order valence-electron chi connectivity index (χ0n) is 18.1. The van der Waals surface area contributed by atoms with Crippen LogP contribution >= 0.6 is 0 Å². The summed E-state index contributed by atoms with van der Waals surface area (Å²) in [7, 11) is 0. The van der Waals surface area contributed by atoms with Gasteiger partial charge in [0.1, 0.15) is 6.23 Å². The van der Waals surface area contributed by atoms with Crippen LogP contribution in [-0.4, -0.2) is 21.9 Å². The van der Waals surface area contributed by atoms with E-state index in [0.717, 1.165) is 33.3 Å². The first kappa shape index (κ1) is 22.0. The summed E-state index contributed by atoms with van der Waals surface area (Å²) < 4.78 is 0. The molecule has 1 aromatic heterocycles. The molecule has 0 aliphatic heterocycles. The van der Waals surface area contributed by atoms with E-state index >= 15 is 0 Å². The van der Waals surface area contributed by atoms with Gasteiger partial charge in [-0.05, 0) is 59.5 Å². The fourth-order valence-electron chi connectivity index (χ4n) is 3.96. The highest BCUT2D eigenvalue weighted by molar-refractivity contribution is 6.03. The molecule has 33 heavy (non-hydrogen) atoms. The number of rotatable bonds is 6. The fraction of sp³-hybridized carbons (Fsp3) is 0.0769. The van der Waals surface area contributed by atoms with Crippen molar-refractivity contribution < 1.29 is 14.7 Å². The van der Waals surface area contributed by atoms with Gasteiger partial charge in [-0.25, -0.2) is 0 Å². The number of carbonyl (C=O) groups excluding carboxylic acids is 2. The molecule has 0 spiro atoms. The molecule has 7 heteroatoms. The number of fused-ring (bicyclic) bond motifs is 1. The smallest absolute Gasteiger partial charge is 0.248 e. The normalized spacial score (nSPS) is 11.8. The van der Waals surface area contributed by atoms with Crippen molar-refractivity contribution in [3.8, 4) is 22.4 Å². The molecular weight excluding hydrogens is 416 g/mol. The Morgan fingerprint density at radius 1 is 1.09 bits per heavy atom. The minimum atomic E-state index is -1.18. The van der Waals surface area contributed by atoms with Crippen LogP contribution in [0, 0.1) is 6.92 Å². The maximum atomic E-state index is 11.8. The molecule has 0 aliphatic carbocycles. The lowest BCUT2D eigenvalue weighted by atomic mass is 9.94. The minimum absolute atomic E-state index is 0.291. The quantitative estimate of drug-likeness (QED) is 0.229. The number of benzene rings is 3. The van der Waals surface area contributed by atoms with Crippen molar-refractivity contribution in [2.24, 2.45) is 11.5 Å². The van der Waals surface area contributed by atoms with Gasteiger partial charge in [-0.1, -0.05) is 43.0 Å². The summed E-state index contributed by atoms with van der Waals surface area (Å²) in [5.41, 5.74) is 17.8. The average molecular weight is 441 g/mol. The average Bonchev–Trinajstić information content (AvgIpc) is 3.25.